The molecule has 110 valence electrons. The van der Waals surface area contributed by atoms with Gasteiger partial charge in [0.15, 0.2) is 0 Å². The molecule has 0 N–H and O–H groups in total. The molecule has 2 nitrogen and oxygen atoms in total. The van der Waals surface area contributed by atoms with Crippen molar-refractivity contribution in [3.8, 4) is 0 Å². The molecule has 0 unspecified atom stereocenters. The van der Waals surface area contributed by atoms with Gasteiger partial charge in [-0.1, -0.05) is 54.6 Å². The van der Waals surface area contributed by atoms with Crippen molar-refractivity contribution in [2.24, 2.45) is 0 Å². The van der Waals surface area contributed by atoms with Gasteiger partial charge in [-0.05, 0) is 42.5 Å². The van der Waals surface area contributed by atoms with E-state index in [1.165, 1.54) is 11.1 Å². The second kappa shape index (κ2) is 5.13. The highest BCUT2D eigenvalue weighted by atomic mass is 16.2. The Morgan fingerprint density at radius 2 is 1.68 bits per heavy atom. The molecule has 2 aromatic carbocycles. The lowest BCUT2D eigenvalue weighted by molar-refractivity contribution is -0.127. The molecule has 1 saturated heterocycles. The molecule has 2 aliphatic rings. The molecule has 4 rings (SSSR count). The molecule has 0 spiro atoms. The lowest BCUT2D eigenvalue weighted by Crippen LogP contribution is -2.35. The topological polar surface area (TPSA) is 20.3 Å². The van der Waals surface area contributed by atoms with E-state index in [1.54, 1.807) is 0 Å². The fourth-order valence-corrected chi connectivity index (χ4v) is 3.76. The van der Waals surface area contributed by atoms with Crippen LogP contribution in [0.5, 0.6) is 0 Å². The number of benzene rings is 2. The Bertz CT molecular complexity index is 747. The molecular formula is C20H19NO. The van der Waals surface area contributed by atoms with Crippen LogP contribution in [-0.2, 0) is 4.79 Å². The molecule has 0 bridgehead atoms. The van der Waals surface area contributed by atoms with E-state index >= 15 is 0 Å². The highest BCUT2D eigenvalue weighted by Gasteiger charge is 2.39. The molecule has 0 aromatic heterocycles. The lowest BCUT2D eigenvalue weighted by Gasteiger charge is -2.28. The normalized spacial score (nSPS) is 23.6. The van der Waals surface area contributed by atoms with Gasteiger partial charge in [0.25, 0.3) is 5.91 Å². The first-order valence-corrected chi connectivity index (χ1v) is 7.94. The van der Waals surface area contributed by atoms with Crippen LogP contribution in [0, 0.1) is 0 Å². The van der Waals surface area contributed by atoms with Crippen molar-refractivity contribution in [1.82, 2.24) is 4.90 Å². The number of rotatable bonds is 1. The Morgan fingerprint density at radius 1 is 0.955 bits per heavy atom. The van der Waals surface area contributed by atoms with E-state index in [9.17, 15) is 4.79 Å². The maximum Gasteiger partial charge on any atom is 0.255 e. The standard InChI is InChI=1S/C20H19NO/c1-14-11-12-19-17-10-6-5-9-16(17)13-18(20(22)21(14)19)15-7-3-2-4-8-15/h2-10,13-14,19H,11-12H2,1H3/t14-,19-/m1/s1. The smallest absolute Gasteiger partial charge is 0.255 e. The molecule has 2 heteroatoms. The maximum absolute atomic E-state index is 13.2. The van der Waals surface area contributed by atoms with Crippen LogP contribution in [0.15, 0.2) is 54.6 Å². The number of amides is 1. The third kappa shape index (κ3) is 1.98. The summed E-state index contributed by atoms with van der Waals surface area (Å²) >= 11 is 0. The van der Waals surface area contributed by atoms with Crippen LogP contribution in [0.25, 0.3) is 11.6 Å². The molecule has 2 atom stereocenters. The summed E-state index contributed by atoms with van der Waals surface area (Å²) in [5, 5.41) is 0. The highest BCUT2D eigenvalue weighted by molar-refractivity contribution is 6.25. The predicted octanol–water partition coefficient (Wildman–Crippen LogP) is 4.29. The number of carbonyl (C=O) groups excluding carboxylic acids is 1. The van der Waals surface area contributed by atoms with Crippen LogP contribution in [0.2, 0.25) is 0 Å². The van der Waals surface area contributed by atoms with Gasteiger partial charge in [0.1, 0.15) is 0 Å². The zero-order valence-corrected chi connectivity index (χ0v) is 12.7. The Labute approximate surface area is 131 Å². The number of nitrogens with zero attached hydrogens (tertiary/aromatic N) is 1. The molecule has 1 fully saturated rings. The van der Waals surface area contributed by atoms with E-state index in [0.29, 0.717) is 6.04 Å². The van der Waals surface area contributed by atoms with Crippen molar-refractivity contribution in [1.29, 1.82) is 0 Å². The summed E-state index contributed by atoms with van der Waals surface area (Å²) in [5.41, 5.74) is 4.27. The summed E-state index contributed by atoms with van der Waals surface area (Å²) in [6.07, 6.45) is 4.20. The van der Waals surface area contributed by atoms with Crippen LogP contribution >= 0.6 is 0 Å². The Balaban J connectivity index is 1.92. The van der Waals surface area contributed by atoms with Crippen molar-refractivity contribution in [3.05, 3.63) is 71.3 Å². The van der Waals surface area contributed by atoms with Gasteiger partial charge in [0, 0.05) is 11.6 Å². The summed E-state index contributed by atoms with van der Waals surface area (Å²) in [7, 11) is 0. The van der Waals surface area contributed by atoms with Gasteiger partial charge in [0.2, 0.25) is 0 Å². The van der Waals surface area contributed by atoms with Gasteiger partial charge in [-0.15, -0.1) is 0 Å². The molecule has 0 saturated carbocycles. The van der Waals surface area contributed by atoms with Crippen LogP contribution in [0.4, 0.5) is 0 Å². The predicted molar refractivity (Wildman–Crippen MR) is 89.0 cm³/mol. The molecule has 0 radical (unpaired) electrons. The van der Waals surface area contributed by atoms with E-state index in [1.807, 2.05) is 30.3 Å². The number of carbonyl (C=O) groups is 1. The first-order chi connectivity index (χ1) is 10.8. The van der Waals surface area contributed by atoms with Crippen LogP contribution in [0.1, 0.15) is 42.5 Å². The zero-order chi connectivity index (χ0) is 15.1. The number of hydrogen-bond donors (Lipinski definition) is 0. The molecule has 2 aromatic rings. The average Bonchev–Trinajstić information content (AvgIpc) is 2.88. The van der Waals surface area contributed by atoms with Gasteiger partial charge < -0.3 is 4.90 Å². The van der Waals surface area contributed by atoms with E-state index in [4.69, 9.17) is 0 Å². The first-order valence-electron chi connectivity index (χ1n) is 7.94. The van der Waals surface area contributed by atoms with Crippen LogP contribution < -0.4 is 0 Å². The summed E-state index contributed by atoms with van der Waals surface area (Å²) < 4.78 is 0. The number of hydrogen-bond acceptors (Lipinski definition) is 1. The van der Waals surface area contributed by atoms with Crippen molar-refractivity contribution < 1.29 is 4.79 Å². The minimum absolute atomic E-state index is 0.164. The monoisotopic (exact) mass is 289 g/mol. The van der Waals surface area contributed by atoms with Crippen molar-refractivity contribution in [2.45, 2.75) is 31.8 Å². The van der Waals surface area contributed by atoms with Crippen LogP contribution in [0.3, 0.4) is 0 Å². The fraction of sp³-hybridized carbons (Fsp3) is 0.250. The van der Waals surface area contributed by atoms with E-state index in [-0.39, 0.29) is 11.9 Å². The van der Waals surface area contributed by atoms with Crippen molar-refractivity contribution in [3.63, 3.8) is 0 Å². The molecule has 22 heavy (non-hydrogen) atoms. The first kappa shape index (κ1) is 13.3. The minimum Gasteiger partial charge on any atom is -0.329 e. The maximum atomic E-state index is 13.2. The Kier molecular flexibility index (Phi) is 3.11. The molecule has 2 heterocycles. The van der Waals surface area contributed by atoms with Gasteiger partial charge in [-0.25, -0.2) is 0 Å². The fourth-order valence-electron chi connectivity index (χ4n) is 3.76. The second-order valence-corrected chi connectivity index (χ2v) is 6.21. The van der Waals surface area contributed by atoms with Gasteiger partial charge in [-0.3, -0.25) is 4.79 Å². The van der Waals surface area contributed by atoms with E-state index in [0.717, 1.165) is 24.0 Å². The van der Waals surface area contributed by atoms with Gasteiger partial charge in [-0.2, -0.15) is 0 Å². The zero-order valence-electron chi connectivity index (χ0n) is 12.7. The average molecular weight is 289 g/mol. The second-order valence-electron chi connectivity index (χ2n) is 6.21. The van der Waals surface area contributed by atoms with Gasteiger partial charge in [0.05, 0.1) is 6.04 Å². The lowest BCUT2D eigenvalue weighted by atomic mass is 9.97. The molecule has 0 aliphatic carbocycles. The number of fused-ring (bicyclic) bond motifs is 3. The van der Waals surface area contributed by atoms with Gasteiger partial charge >= 0.3 is 0 Å². The third-order valence-corrected chi connectivity index (χ3v) is 4.87. The van der Waals surface area contributed by atoms with Crippen LogP contribution in [-0.4, -0.2) is 16.8 Å². The SMILES string of the molecule is C[C@@H]1CC[C@@H]2c3ccccc3C=C(c3ccccc3)C(=O)N12. The molecule has 2 aliphatic heterocycles. The highest BCUT2D eigenvalue weighted by Crippen LogP contribution is 2.42. The summed E-state index contributed by atoms with van der Waals surface area (Å²) in [6, 6.07) is 19.0. The summed E-state index contributed by atoms with van der Waals surface area (Å²) in [5.74, 6) is 0.164. The largest absolute Gasteiger partial charge is 0.329 e. The Morgan fingerprint density at radius 3 is 2.50 bits per heavy atom. The third-order valence-electron chi connectivity index (χ3n) is 4.87. The molecule has 1 amide bonds. The molecular weight excluding hydrogens is 270 g/mol. The minimum atomic E-state index is 0.164. The van der Waals surface area contributed by atoms with E-state index in [2.05, 4.69) is 42.2 Å². The van der Waals surface area contributed by atoms with Crippen molar-refractivity contribution in [2.75, 3.05) is 0 Å². The van der Waals surface area contributed by atoms with E-state index < -0.39 is 0 Å². The summed E-state index contributed by atoms with van der Waals surface area (Å²) in [4.78, 5) is 15.3. The Hall–Kier alpha value is -2.35. The summed E-state index contributed by atoms with van der Waals surface area (Å²) in [6.45, 7) is 2.16. The van der Waals surface area contributed by atoms with Crippen molar-refractivity contribution >= 4 is 17.6 Å². The quantitative estimate of drug-likeness (QED) is 0.766.